The second-order valence-electron chi connectivity index (χ2n) is 4.82. The molecule has 19 heavy (non-hydrogen) atoms. The quantitative estimate of drug-likeness (QED) is 0.767. The lowest BCUT2D eigenvalue weighted by atomic mass is 10.0. The fraction of sp³-hybridized carbons (Fsp3) is 0.533. The highest BCUT2D eigenvalue weighted by Crippen LogP contribution is 2.28. The number of halogens is 1. The average molecular weight is 265 g/mol. The summed E-state index contributed by atoms with van der Waals surface area (Å²) in [5.74, 6) is -0.478. The molecule has 3 nitrogen and oxygen atoms in total. The molecule has 1 unspecified atom stereocenters. The molecule has 1 aromatic carbocycles. The van der Waals surface area contributed by atoms with Gasteiger partial charge in [-0.1, -0.05) is 12.1 Å². The van der Waals surface area contributed by atoms with Gasteiger partial charge in [0.05, 0.1) is 13.0 Å². The van der Waals surface area contributed by atoms with Crippen molar-refractivity contribution in [2.45, 2.75) is 32.2 Å². The number of benzene rings is 1. The zero-order valence-electron chi connectivity index (χ0n) is 11.3. The van der Waals surface area contributed by atoms with Crippen LogP contribution in [-0.2, 0) is 9.53 Å². The summed E-state index contributed by atoms with van der Waals surface area (Å²) in [5.41, 5.74) is 0.856. The summed E-state index contributed by atoms with van der Waals surface area (Å²) in [5, 5.41) is 0. The monoisotopic (exact) mass is 265 g/mol. The summed E-state index contributed by atoms with van der Waals surface area (Å²) in [4.78, 5) is 14.0. The minimum absolute atomic E-state index is 0.0720. The van der Waals surface area contributed by atoms with E-state index in [2.05, 4.69) is 4.90 Å². The van der Waals surface area contributed by atoms with Crippen LogP contribution in [-0.4, -0.2) is 30.6 Å². The lowest BCUT2D eigenvalue weighted by Crippen LogP contribution is -2.28. The van der Waals surface area contributed by atoms with Crippen LogP contribution in [0.5, 0.6) is 0 Å². The molecule has 1 aliphatic rings. The number of rotatable bonds is 5. The van der Waals surface area contributed by atoms with Crippen molar-refractivity contribution >= 4 is 5.97 Å². The first-order valence-electron chi connectivity index (χ1n) is 6.86. The summed E-state index contributed by atoms with van der Waals surface area (Å²) in [7, 11) is 0. The van der Waals surface area contributed by atoms with E-state index in [0.29, 0.717) is 6.61 Å². The van der Waals surface area contributed by atoms with Crippen molar-refractivity contribution < 1.29 is 13.9 Å². The fourth-order valence-corrected chi connectivity index (χ4v) is 2.60. The fourth-order valence-electron chi connectivity index (χ4n) is 2.60. The summed E-state index contributed by atoms with van der Waals surface area (Å²) >= 11 is 0. The van der Waals surface area contributed by atoms with Gasteiger partial charge in [0.2, 0.25) is 0 Å². The minimum atomic E-state index is -0.259. The SMILES string of the molecule is CCOC(=O)CC(c1cccc(F)c1)N1CCCC1. The summed E-state index contributed by atoms with van der Waals surface area (Å²) in [6.07, 6.45) is 2.56. The van der Waals surface area contributed by atoms with Crippen LogP contribution in [0.1, 0.15) is 37.8 Å². The number of nitrogens with zero attached hydrogens (tertiary/aromatic N) is 1. The van der Waals surface area contributed by atoms with Crippen LogP contribution in [0.15, 0.2) is 24.3 Å². The van der Waals surface area contributed by atoms with Gasteiger partial charge in [-0.2, -0.15) is 0 Å². The van der Waals surface area contributed by atoms with E-state index in [1.165, 1.54) is 12.1 Å². The van der Waals surface area contributed by atoms with Gasteiger partial charge in [-0.05, 0) is 50.6 Å². The Hall–Kier alpha value is -1.42. The molecule has 0 spiro atoms. The van der Waals surface area contributed by atoms with Crippen LogP contribution < -0.4 is 0 Å². The molecule has 4 heteroatoms. The summed E-state index contributed by atoms with van der Waals surface area (Å²) in [6.45, 7) is 4.10. The van der Waals surface area contributed by atoms with E-state index in [1.807, 2.05) is 6.07 Å². The number of hydrogen-bond acceptors (Lipinski definition) is 3. The lowest BCUT2D eigenvalue weighted by Gasteiger charge is -2.27. The van der Waals surface area contributed by atoms with Crippen molar-refractivity contribution in [3.05, 3.63) is 35.6 Å². The van der Waals surface area contributed by atoms with Crippen LogP contribution in [0.25, 0.3) is 0 Å². The van der Waals surface area contributed by atoms with Crippen LogP contribution in [0, 0.1) is 5.82 Å². The molecule has 0 aliphatic carbocycles. The van der Waals surface area contributed by atoms with E-state index in [4.69, 9.17) is 4.74 Å². The molecule has 0 aromatic heterocycles. The summed E-state index contributed by atoms with van der Waals surface area (Å²) in [6, 6.07) is 6.44. The Labute approximate surface area is 113 Å². The average Bonchev–Trinajstić information content (AvgIpc) is 2.90. The number of esters is 1. The van der Waals surface area contributed by atoms with Gasteiger partial charge >= 0.3 is 5.97 Å². The van der Waals surface area contributed by atoms with Gasteiger partial charge in [-0.25, -0.2) is 4.39 Å². The third kappa shape index (κ3) is 3.77. The Bertz CT molecular complexity index is 430. The molecule has 0 saturated carbocycles. The second-order valence-corrected chi connectivity index (χ2v) is 4.82. The van der Waals surface area contributed by atoms with Gasteiger partial charge in [0.25, 0.3) is 0 Å². The van der Waals surface area contributed by atoms with Gasteiger partial charge < -0.3 is 4.74 Å². The Morgan fingerprint density at radius 3 is 2.79 bits per heavy atom. The molecule has 1 aromatic rings. The van der Waals surface area contributed by atoms with Crippen LogP contribution >= 0.6 is 0 Å². The van der Waals surface area contributed by atoms with E-state index in [0.717, 1.165) is 31.5 Å². The van der Waals surface area contributed by atoms with E-state index in [1.54, 1.807) is 13.0 Å². The molecule has 0 radical (unpaired) electrons. The molecule has 0 N–H and O–H groups in total. The molecule has 1 fully saturated rings. The highest BCUT2D eigenvalue weighted by Gasteiger charge is 2.26. The Kier molecular flexibility index (Phi) is 4.91. The van der Waals surface area contributed by atoms with E-state index in [-0.39, 0.29) is 24.2 Å². The van der Waals surface area contributed by atoms with Crippen molar-refractivity contribution in [2.75, 3.05) is 19.7 Å². The molecule has 104 valence electrons. The Morgan fingerprint density at radius 1 is 1.42 bits per heavy atom. The molecule has 1 aliphatic heterocycles. The predicted octanol–water partition coefficient (Wildman–Crippen LogP) is 2.92. The van der Waals surface area contributed by atoms with Crippen molar-refractivity contribution in [3.63, 3.8) is 0 Å². The molecular weight excluding hydrogens is 245 g/mol. The number of carbonyl (C=O) groups is 1. The minimum Gasteiger partial charge on any atom is -0.466 e. The van der Waals surface area contributed by atoms with Gasteiger partial charge in [0.15, 0.2) is 0 Å². The number of ether oxygens (including phenoxy) is 1. The van der Waals surface area contributed by atoms with Gasteiger partial charge in [-0.3, -0.25) is 9.69 Å². The standard InChI is InChI=1S/C15H20FNO2/c1-2-19-15(18)11-14(17-8-3-4-9-17)12-6-5-7-13(16)10-12/h5-7,10,14H,2-4,8-9,11H2,1H3. The second kappa shape index (κ2) is 6.66. The third-order valence-electron chi connectivity index (χ3n) is 3.48. The normalized spacial score (nSPS) is 17.4. The first kappa shape index (κ1) is 14.0. The first-order chi connectivity index (χ1) is 9.20. The van der Waals surface area contributed by atoms with Gasteiger partial charge in [-0.15, -0.1) is 0 Å². The maximum atomic E-state index is 13.4. The van der Waals surface area contributed by atoms with E-state index < -0.39 is 0 Å². The van der Waals surface area contributed by atoms with Crippen LogP contribution in [0.2, 0.25) is 0 Å². The Balaban J connectivity index is 2.15. The summed E-state index contributed by atoms with van der Waals surface area (Å²) < 4.78 is 18.4. The van der Waals surface area contributed by atoms with Crippen LogP contribution in [0.4, 0.5) is 4.39 Å². The van der Waals surface area contributed by atoms with Gasteiger partial charge in [0.1, 0.15) is 5.82 Å². The predicted molar refractivity (Wildman–Crippen MR) is 71.2 cm³/mol. The molecule has 0 bridgehead atoms. The number of carbonyl (C=O) groups excluding carboxylic acids is 1. The Morgan fingerprint density at radius 2 is 2.16 bits per heavy atom. The smallest absolute Gasteiger partial charge is 0.307 e. The van der Waals surface area contributed by atoms with Crippen molar-refractivity contribution in [1.82, 2.24) is 4.90 Å². The van der Waals surface area contributed by atoms with Crippen molar-refractivity contribution in [2.24, 2.45) is 0 Å². The largest absolute Gasteiger partial charge is 0.466 e. The number of hydrogen-bond donors (Lipinski definition) is 0. The highest BCUT2D eigenvalue weighted by atomic mass is 19.1. The zero-order valence-corrected chi connectivity index (χ0v) is 11.3. The van der Waals surface area contributed by atoms with Crippen LogP contribution in [0.3, 0.4) is 0 Å². The molecule has 1 saturated heterocycles. The molecule has 1 atom stereocenters. The van der Waals surface area contributed by atoms with Crippen molar-refractivity contribution in [3.8, 4) is 0 Å². The third-order valence-corrected chi connectivity index (χ3v) is 3.48. The first-order valence-corrected chi connectivity index (χ1v) is 6.86. The van der Waals surface area contributed by atoms with E-state index in [9.17, 15) is 9.18 Å². The molecule has 2 rings (SSSR count). The molecular formula is C15H20FNO2. The highest BCUT2D eigenvalue weighted by molar-refractivity contribution is 5.70. The maximum absolute atomic E-state index is 13.4. The molecule has 1 heterocycles. The zero-order chi connectivity index (χ0) is 13.7. The van der Waals surface area contributed by atoms with Crippen molar-refractivity contribution in [1.29, 1.82) is 0 Å². The maximum Gasteiger partial charge on any atom is 0.307 e. The lowest BCUT2D eigenvalue weighted by molar-refractivity contribution is -0.144. The molecule has 0 amide bonds. The van der Waals surface area contributed by atoms with Gasteiger partial charge in [0, 0.05) is 6.04 Å². The topological polar surface area (TPSA) is 29.5 Å². The van der Waals surface area contributed by atoms with E-state index >= 15 is 0 Å². The number of likely N-dealkylation sites (tertiary alicyclic amines) is 1.